The standard InChI is InChI=1S/C15H24O4/c1-5-15(8-6-11(16)10-12(15)17)9-7-13(18)19-14(2,3)4/h5-10H2,1-4H3. The molecule has 1 rings (SSSR count). The van der Waals surface area contributed by atoms with Crippen molar-refractivity contribution < 1.29 is 19.1 Å². The van der Waals surface area contributed by atoms with Crippen LogP contribution in [0.15, 0.2) is 0 Å². The van der Waals surface area contributed by atoms with E-state index in [-0.39, 0.29) is 30.4 Å². The highest BCUT2D eigenvalue weighted by Crippen LogP contribution is 2.39. The van der Waals surface area contributed by atoms with E-state index >= 15 is 0 Å². The molecule has 0 heterocycles. The maximum atomic E-state index is 12.1. The predicted octanol–water partition coefficient (Wildman–Crippen LogP) is 2.83. The molecule has 1 fully saturated rings. The fourth-order valence-electron chi connectivity index (χ4n) is 2.52. The highest BCUT2D eigenvalue weighted by Gasteiger charge is 2.41. The summed E-state index contributed by atoms with van der Waals surface area (Å²) in [6.07, 6.45) is 2.47. The van der Waals surface area contributed by atoms with Crippen LogP contribution in [0.1, 0.15) is 66.2 Å². The van der Waals surface area contributed by atoms with Gasteiger partial charge in [-0.05, 0) is 40.0 Å². The molecule has 4 nitrogen and oxygen atoms in total. The molecule has 0 radical (unpaired) electrons. The van der Waals surface area contributed by atoms with E-state index in [4.69, 9.17) is 4.74 Å². The highest BCUT2D eigenvalue weighted by molar-refractivity contribution is 6.04. The summed E-state index contributed by atoms with van der Waals surface area (Å²) in [6, 6.07) is 0. The molecule has 0 spiro atoms. The molecule has 0 aromatic heterocycles. The van der Waals surface area contributed by atoms with Crippen LogP contribution in [0.5, 0.6) is 0 Å². The van der Waals surface area contributed by atoms with E-state index in [0.29, 0.717) is 25.7 Å². The van der Waals surface area contributed by atoms with E-state index in [2.05, 4.69) is 0 Å². The number of hydrogen-bond acceptors (Lipinski definition) is 4. The second kappa shape index (κ2) is 5.85. The lowest BCUT2D eigenvalue weighted by Gasteiger charge is -2.34. The molecule has 108 valence electrons. The van der Waals surface area contributed by atoms with Crippen LogP contribution < -0.4 is 0 Å². The zero-order chi connectivity index (χ0) is 14.7. The van der Waals surface area contributed by atoms with Crippen LogP contribution >= 0.6 is 0 Å². The zero-order valence-corrected chi connectivity index (χ0v) is 12.4. The average Bonchev–Trinajstić information content (AvgIpc) is 2.26. The summed E-state index contributed by atoms with van der Waals surface area (Å²) < 4.78 is 5.26. The Morgan fingerprint density at radius 3 is 2.42 bits per heavy atom. The van der Waals surface area contributed by atoms with Crippen LogP contribution in [0.4, 0.5) is 0 Å². The first-order valence-corrected chi connectivity index (χ1v) is 6.95. The van der Waals surface area contributed by atoms with Gasteiger partial charge in [-0.15, -0.1) is 0 Å². The lowest BCUT2D eigenvalue weighted by molar-refractivity contribution is -0.155. The number of rotatable bonds is 4. The third-order valence-electron chi connectivity index (χ3n) is 3.74. The summed E-state index contributed by atoms with van der Waals surface area (Å²) in [4.78, 5) is 35.1. The molecule has 1 unspecified atom stereocenters. The van der Waals surface area contributed by atoms with Crippen LogP contribution in [0.2, 0.25) is 0 Å². The number of ether oxygens (including phenoxy) is 1. The van der Waals surface area contributed by atoms with Crippen molar-refractivity contribution in [3.05, 3.63) is 0 Å². The molecule has 0 aromatic carbocycles. The van der Waals surface area contributed by atoms with Crippen molar-refractivity contribution >= 4 is 17.5 Å². The Morgan fingerprint density at radius 2 is 1.95 bits per heavy atom. The van der Waals surface area contributed by atoms with Gasteiger partial charge in [0.05, 0.1) is 6.42 Å². The molecular formula is C15H24O4. The van der Waals surface area contributed by atoms with Gasteiger partial charge in [-0.3, -0.25) is 14.4 Å². The summed E-state index contributed by atoms with van der Waals surface area (Å²) in [5.74, 6) is -0.258. The van der Waals surface area contributed by atoms with Gasteiger partial charge in [-0.2, -0.15) is 0 Å². The first-order chi connectivity index (χ1) is 8.68. The Labute approximate surface area is 114 Å². The molecule has 0 aliphatic heterocycles. The first kappa shape index (κ1) is 15.9. The molecule has 1 aliphatic rings. The monoisotopic (exact) mass is 268 g/mol. The van der Waals surface area contributed by atoms with Gasteiger partial charge >= 0.3 is 5.97 Å². The van der Waals surface area contributed by atoms with Crippen LogP contribution in [-0.2, 0) is 19.1 Å². The summed E-state index contributed by atoms with van der Waals surface area (Å²) in [5.41, 5.74) is -0.992. The third-order valence-corrected chi connectivity index (χ3v) is 3.74. The minimum atomic E-state index is -0.497. The van der Waals surface area contributed by atoms with Crippen molar-refractivity contribution in [3.63, 3.8) is 0 Å². The average molecular weight is 268 g/mol. The molecule has 4 heteroatoms. The summed E-state index contributed by atoms with van der Waals surface area (Å²) in [5, 5.41) is 0. The quantitative estimate of drug-likeness (QED) is 0.581. The third kappa shape index (κ3) is 4.44. The number of carbonyl (C=O) groups excluding carboxylic acids is 3. The zero-order valence-electron chi connectivity index (χ0n) is 12.4. The number of esters is 1. The summed E-state index contributed by atoms with van der Waals surface area (Å²) in [7, 11) is 0. The smallest absolute Gasteiger partial charge is 0.306 e. The van der Waals surface area contributed by atoms with Crippen LogP contribution in [0.25, 0.3) is 0 Å². The van der Waals surface area contributed by atoms with Crippen molar-refractivity contribution in [2.24, 2.45) is 5.41 Å². The molecule has 19 heavy (non-hydrogen) atoms. The molecule has 0 aromatic rings. The van der Waals surface area contributed by atoms with Gasteiger partial charge in [0.1, 0.15) is 17.2 Å². The second-order valence-electron chi connectivity index (χ2n) is 6.36. The normalized spacial score (nSPS) is 24.4. The first-order valence-electron chi connectivity index (χ1n) is 6.95. The number of ketones is 2. The maximum absolute atomic E-state index is 12.1. The van der Waals surface area contributed by atoms with Crippen molar-refractivity contribution in [1.82, 2.24) is 0 Å². The van der Waals surface area contributed by atoms with E-state index in [9.17, 15) is 14.4 Å². The maximum Gasteiger partial charge on any atom is 0.306 e. The Morgan fingerprint density at radius 1 is 1.32 bits per heavy atom. The molecule has 1 saturated carbocycles. The van der Waals surface area contributed by atoms with Crippen molar-refractivity contribution in [3.8, 4) is 0 Å². The topological polar surface area (TPSA) is 60.4 Å². The molecule has 0 saturated heterocycles. The van der Waals surface area contributed by atoms with Gasteiger partial charge < -0.3 is 4.74 Å². The van der Waals surface area contributed by atoms with Crippen molar-refractivity contribution in [2.45, 2.75) is 71.8 Å². The minimum absolute atomic E-state index is 0.00481. The van der Waals surface area contributed by atoms with Gasteiger partial charge in [0.15, 0.2) is 0 Å². The van der Waals surface area contributed by atoms with E-state index in [1.165, 1.54) is 0 Å². The fraction of sp³-hybridized carbons (Fsp3) is 0.800. The van der Waals surface area contributed by atoms with E-state index in [0.717, 1.165) is 0 Å². The number of Topliss-reactive ketones (excluding diaryl/α,β-unsaturated/α-hetero) is 2. The van der Waals surface area contributed by atoms with E-state index < -0.39 is 11.0 Å². The lowest BCUT2D eigenvalue weighted by Crippen LogP contribution is -2.37. The largest absolute Gasteiger partial charge is 0.460 e. The minimum Gasteiger partial charge on any atom is -0.460 e. The molecule has 0 bridgehead atoms. The highest BCUT2D eigenvalue weighted by atomic mass is 16.6. The summed E-state index contributed by atoms with van der Waals surface area (Å²) >= 11 is 0. The van der Waals surface area contributed by atoms with Gasteiger partial charge in [0, 0.05) is 18.3 Å². The van der Waals surface area contributed by atoms with E-state index in [1.807, 2.05) is 27.7 Å². The van der Waals surface area contributed by atoms with Gasteiger partial charge in [-0.25, -0.2) is 0 Å². The Bertz CT molecular complexity index is 378. The SMILES string of the molecule is CCC1(CCC(=O)OC(C)(C)C)CCC(=O)CC1=O. The van der Waals surface area contributed by atoms with E-state index in [1.54, 1.807) is 0 Å². The Kier molecular flexibility index (Phi) is 4.88. The van der Waals surface area contributed by atoms with Crippen molar-refractivity contribution in [1.29, 1.82) is 0 Å². The van der Waals surface area contributed by atoms with Gasteiger partial charge in [-0.1, -0.05) is 6.92 Å². The molecule has 0 N–H and O–H groups in total. The van der Waals surface area contributed by atoms with Crippen LogP contribution in [0, 0.1) is 5.41 Å². The molecule has 1 atom stereocenters. The number of hydrogen-bond donors (Lipinski definition) is 0. The lowest BCUT2D eigenvalue weighted by atomic mass is 9.68. The fourth-order valence-corrected chi connectivity index (χ4v) is 2.52. The summed E-state index contributed by atoms with van der Waals surface area (Å²) in [6.45, 7) is 7.42. The molecule has 0 amide bonds. The van der Waals surface area contributed by atoms with Crippen molar-refractivity contribution in [2.75, 3.05) is 0 Å². The number of carbonyl (C=O) groups is 3. The van der Waals surface area contributed by atoms with Gasteiger partial charge in [0.25, 0.3) is 0 Å². The molecule has 1 aliphatic carbocycles. The Balaban J connectivity index is 2.60. The van der Waals surface area contributed by atoms with Crippen LogP contribution in [-0.4, -0.2) is 23.1 Å². The second-order valence-corrected chi connectivity index (χ2v) is 6.36. The predicted molar refractivity (Wildman–Crippen MR) is 71.7 cm³/mol. The Hall–Kier alpha value is -1.19. The molecular weight excluding hydrogens is 244 g/mol. The van der Waals surface area contributed by atoms with Gasteiger partial charge in [0.2, 0.25) is 0 Å². The van der Waals surface area contributed by atoms with Crippen LogP contribution in [0.3, 0.4) is 0 Å².